The van der Waals surface area contributed by atoms with Gasteiger partial charge in [-0.1, -0.05) is 12.1 Å². The highest BCUT2D eigenvalue weighted by atomic mass is 16.5. The number of carbonyl (C=O) groups excluding carboxylic acids is 1. The Morgan fingerprint density at radius 3 is 2.67 bits per heavy atom. The molecule has 18 heavy (non-hydrogen) atoms. The normalized spacial score (nSPS) is 9.94. The van der Waals surface area contributed by atoms with E-state index in [1.807, 2.05) is 25.2 Å². The van der Waals surface area contributed by atoms with Crippen molar-refractivity contribution in [2.45, 2.75) is 13.0 Å². The summed E-state index contributed by atoms with van der Waals surface area (Å²) in [5, 5.41) is 5.78. The van der Waals surface area contributed by atoms with Crippen molar-refractivity contribution >= 4 is 5.91 Å². The van der Waals surface area contributed by atoms with Crippen molar-refractivity contribution in [3.63, 3.8) is 0 Å². The molecule has 0 aliphatic heterocycles. The van der Waals surface area contributed by atoms with Gasteiger partial charge in [0.05, 0.1) is 14.2 Å². The van der Waals surface area contributed by atoms with Gasteiger partial charge in [-0.2, -0.15) is 0 Å². The molecule has 1 amide bonds. The lowest BCUT2D eigenvalue weighted by Crippen LogP contribution is -2.26. The largest absolute Gasteiger partial charge is 0.493 e. The number of hydrogen-bond donors (Lipinski definition) is 2. The van der Waals surface area contributed by atoms with Gasteiger partial charge in [0, 0.05) is 25.1 Å². The standard InChI is InChI=1S/C13H20N2O3/c1-14-8-7-12(16)15-9-10-5-4-6-11(17-2)13(10)18-3/h4-6,14H,7-9H2,1-3H3,(H,15,16). The molecule has 0 saturated heterocycles. The lowest BCUT2D eigenvalue weighted by atomic mass is 10.2. The molecule has 1 aromatic rings. The van der Waals surface area contributed by atoms with Crippen LogP contribution in [0.3, 0.4) is 0 Å². The molecule has 0 aliphatic carbocycles. The van der Waals surface area contributed by atoms with E-state index < -0.39 is 0 Å². The molecule has 0 spiro atoms. The molecule has 0 unspecified atom stereocenters. The summed E-state index contributed by atoms with van der Waals surface area (Å²) in [7, 11) is 5.00. The summed E-state index contributed by atoms with van der Waals surface area (Å²) in [6.07, 6.45) is 0.461. The molecule has 0 radical (unpaired) electrons. The van der Waals surface area contributed by atoms with Gasteiger partial charge in [0.1, 0.15) is 0 Å². The number of hydrogen-bond acceptors (Lipinski definition) is 4. The average Bonchev–Trinajstić information content (AvgIpc) is 2.41. The Morgan fingerprint density at radius 1 is 1.28 bits per heavy atom. The zero-order valence-electron chi connectivity index (χ0n) is 11.1. The minimum atomic E-state index is 0.00854. The second kappa shape index (κ2) is 7.55. The fourth-order valence-electron chi connectivity index (χ4n) is 1.61. The molecule has 1 rings (SSSR count). The molecule has 0 aliphatic rings. The predicted molar refractivity (Wildman–Crippen MR) is 69.9 cm³/mol. The number of ether oxygens (including phenoxy) is 2. The molecule has 0 heterocycles. The van der Waals surface area contributed by atoms with Crippen molar-refractivity contribution in [1.29, 1.82) is 0 Å². The van der Waals surface area contributed by atoms with Crippen molar-refractivity contribution < 1.29 is 14.3 Å². The van der Waals surface area contributed by atoms with Gasteiger partial charge in [0.2, 0.25) is 5.91 Å². The van der Waals surface area contributed by atoms with Gasteiger partial charge < -0.3 is 20.1 Å². The van der Waals surface area contributed by atoms with Gasteiger partial charge in [0.15, 0.2) is 11.5 Å². The molecule has 0 fully saturated rings. The summed E-state index contributed by atoms with van der Waals surface area (Å²) < 4.78 is 10.5. The van der Waals surface area contributed by atoms with Gasteiger partial charge >= 0.3 is 0 Å². The van der Waals surface area contributed by atoms with E-state index >= 15 is 0 Å². The van der Waals surface area contributed by atoms with Crippen molar-refractivity contribution in [2.24, 2.45) is 0 Å². The number of benzene rings is 1. The lowest BCUT2D eigenvalue weighted by molar-refractivity contribution is -0.121. The first-order valence-corrected chi connectivity index (χ1v) is 5.84. The van der Waals surface area contributed by atoms with Crippen LogP contribution in [0, 0.1) is 0 Å². The first kappa shape index (κ1) is 14.3. The van der Waals surface area contributed by atoms with Crippen LogP contribution in [0.5, 0.6) is 11.5 Å². The number of amides is 1. The minimum Gasteiger partial charge on any atom is -0.493 e. The first-order valence-electron chi connectivity index (χ1n) is 5.84. The Kier molecular flexibility index (Phi) is 6.00. The molecule has 0 bridgehead atoms. The van der Waals surface area contributed by atoms with E-state index in [-0.39, 0.29) is 5.91 Å². The molecule has 0 saturated carbocycles. The Balaban J connectivity index is 2.64. The maximum absolute atomic E-state index is 11.5. The van der Waals surface area contributed by atoms with E-state index in [0.29, 0.717) is 31.0 Å². The second-order valence-electron chi connectivity index (χ2n) is 3.78. The third kappa shape index (κ3) is 3.92. The Labute approximate surface area is 107 Å². The number of rotatable bonds is 7. The van der Waals surface area contributed by atoms with Crippen LogP contribution in [0.2, 0.25) is 0 Å². The molecular formula is C13H20N2O3. The highest BCUT2D eigenvalue weighted by Gasteiger charge is 2.10. The maximum Gasteiger partial charge on any atom is 0.221 e. The van der Waals surface area contributed by atoms with E-state index in [1.54, 1.807) is 14.2 Å². The van der Waals surface area contributed by atoms with Gasteiger partial charge in [-0.3, -0.25) is 4.79 Å². The van der Waals surface area contributed by atoms with Crippen LogP contribution in [0.25, 0.3) is 0 Å². The molecular weight excluding hydrogens is 232 g/mol. The molecule has 2 N–H and O–H groups in total. The third-order valence-electron chi connectivity index (χ3n) is 2.56. The topological polar surface area (TPSA) is 59.6 Å². The summed E-state index contributed by atoms with van der Waals surface area (Å²) >= 11 is 0. The van der Waals surface area contributed by atoms with E-state index in [0.717, 1.165) is 5.56 Å². The molecule has 100 valence electrons. The SMILES string of the molecule is CNCCC(=O)NCc1cccc(OC)c1OC. The highest BCUT2D eigenvalue weighted by molar-refractivity contribution is 5.76. The van der Waals surface area contributed by atoms with Crippen molar-refractivity contribution in [2.75, 3.05) is 27.8 Å². The minimum absolute atomic E-state index is 0.00854. The first-order chi connectivity index (χ1) is 8.72. The van der Waals surface area contributed by atoms with E-state index in [1.165, 1.54) is 0 Å². The maximum atomic E-state index is 11.5. The quantitative estimate of drug-likeness (QED) is 0.758. The molecule has 0 atom stereocenters. The lowest BCUT2D eigenvalue weighted by Gasteiger charge is -2.13. The molecule has 5 heteroatoms. The average molecular weight is 252 g/mol. The predicted octanol–water partition coefficient (Wildman–Crippen LogP) is 0.929. The number of para-hydroxylation sites is 1. The van der Waals surface area contributed by atoms with E-state index in [9.17, 15) is 4.79 Å². The monoisotopic (exact) mass is 252 g/mol. The van der Waals surface area contributed by atoms with Crippen LogP contribution in [-0.4, -0.2) is 33.7 Å². The number of nitrogens with one attached hydrogen (secondary N) is 2. The summed E-state index contributed by atoms with van der Waals surface area (Å²) in [5.41, 5.74) is 0.898. The van der Waals surface area contributed by atoms with Gasteiger partial charge in [-0.25, -0.2) is 0 Å². The second-order valence-corrected chi connectivity index (χ2v) is 3.78. The Hall–Kier alpha value is -1.75. The van der Waals surface area contributed by atoms with Crippen LogP contribution in [0.4, 0.5) is 0 Å². The molecule has 5 nitrogen and oxygen atoms in total. The zero-order chi connectivity index (χ0) is 13.4. The Bertz CT molecular complexity index is 394. The van der Waals surface area contributed by atoms with E-state index in [4.69, 9.17) is 9.47 Å². The van der Waals surface area contributed by atoms with Crippen molar-refractivity contribution in [3.8, 4) is 11.5 Å². The fraction of sp³-hybridized carbons (Fsp3) is 0.462. The fourth-order valence-corrected chi connectivity index (χ4v) is 1.61. The van der Waals surface area contributed by atoms with Gasteiger partial charge in [-0.15, -0.1) is 0 Å². The molecule has 0 aromatic heterocycles. The summed E-state index contributed by atoms with van der Waals surface area (Å²) in [6.45, 7) is 1.10. The highest BCUT2D eigenvalue weighted by Crippen LogP contribution is 2.30. The zero-order valence-corrected chi connectivity index (χ0v) is 11.1. The Morgan fingerprint density at radius 2 is 2.06 bits per heavy atom. The van der Waals surface area contributed by atoms with Gasteiger partial charge in [0.25, 0.3) is 0 Å². The number of methoxy groups -OCH3 is 2. The summed E-state index contributed by atoms with van der Waals surface area (Å²) in [5.74, 6) is 1.34. The van der Waals surface area contributed by atoms with Gasteiger partial charge in [-0.05, 0) is 13.1 Å². The number of carbonyl (C=O) groups is 1. The van der Waals surface area contributed by atoms with Crippen LogP contribution >= 0.6 is 0 Å². The van der Waals surface area contributed by atoms with Crippen LogP contribution in [-0.2, 0) is 11.3 Å². The van der Waals surface area contributed by atoms with Crippen LogP contribution in [0.1, 0.15) is 12.0 Å². The van der Waals surface area contributed by atoms with Crippen molar-refractivity contribution in [3.05, 3.63) is 23.8 Å². The van der Waals surface area contributed by atoms with Crippen LogP contribution in [0.15, 0.2) is 18.2 Å². The van der Waals surface area contributed by atoms with Crippen molar-refractivity contribution in [1.82, 2.24) is 10.6 Å². The summed E-state index contributed by atoms with van der Waals surface area (Å²) in [4.78, 5) is 11.5. The smallest absolute Gasteiger partial charge is 0.221 e. The molecule has 1 aromatic carbocycles. The summed E-state index contributed by atoms with van der Waals surface area (Å²) in [6, 6.07) is 5.60. The van der Waals surface area contributed by atoms with Crippen LogP contribution < -0.4 is 20.1 Å². The third-order valence-corrected chi connectivity index (χ3v) is 2.56. The van der Waals surface area contributed by atoms with E-state index in [2.05, 4.69) is 10.6 Å².